The van der Waals surface area contributed by atoms with Gasteiger partial charge in [-0.05, 0) is 6.42 Å². The standard InChI is InChI=1S/C11H16N2O2S/c1-3-6-5-16-11-9(13)8(14-2)4-7(12)10(11)15-6/h4,6H,3,5,12-13H2,1-2H3. The molecule has 1 aromatic carbocycles. The summed E-state index contributed by atoms with van der Waals surface area (Å²) in [6, 6.07) is 1.72. The molecule has 1 aliphatic rings. The van der Waals surface area contributed by atoms with Gasteiger partial charge in [-0.3, -0.25) is 0 Å². The molecule has 1 unspecified atom stereocenters. The first-order valence-electron chi connectivity index (χ1n) is 5.22. The lowest BCUT2D eigenvalue weighted by atomic mass is 10.2. The molecule has 0 spiro atoms. The number of ether oxygens (including phenoxy) is 2. The van der Waals surface area contributed by atoms with Crippen LogP contribution >= 0.6 is 11.8 Å². The van der Waals surface area contributed by atoms with Crippen molar-refractivity contribution in [2.24, 2.45) is 0 Å². The highest BCUT2D eigenvalue weighted by Gasteiger charge is 2.25. The number of thioether (sulfide) groups is 1. The molecule has 1 aliphatic heterocycles. The van der Waals surface area contributed by atoms with Gasteiger partial charge >= 0.3 is 0 Å². The van der Waals surface area contributed by atoms with Gasteiger partial charge in [-0.1, -0.05) is 6.92 Å². The van der Waals surface area contributed by atoms with Crippen LogP contribution < -0.4 is 20.9 Å². The van der Waals surface area contributed by atoms with Crippen molar-refractivity contribution in [3.8, 4) is 11.5 Å². The molecule has 16 heavy (non-hydrogen) atoms. The third-order valence-electron chi connectivity index (χ3n) is 2.64. The number of nitrogen functional groups attached to an aromatic ring is 2. The number of hydrogen-bond acceptors (Lipinski definition) is 5. The molecule has 0 aromatic heterocycles. The highest BCUT2D eigenvalue weighted by atomic mass is 32.2. The average Bonchev–Trinajstić information content (AvgIpc) is 2.33. The smallest absolute Gasteiger partial charge is 0.158 e. The van der Waals surface area contributed by atoms with Crippen LogP contribution in [0.2, 0.25) is 0 Å². The molecule has 2 rings (SSSR count). The number of hydrogen-bond donors (Lipinski definition) is 2. The molecular weight excluding hydrogens is 224 g/mol. The molecule has 0 amide bonds. The van der Waals surface area contributed by atoms with Gasteiger partial charge in [0.25, 0.3) is 0 Å². The fourth-order valence-corrected chi connectivity index (χ4v) is 2.87. The second kappa shape index (κ2) is 4.33. The van der Waals surface area contributed by atoms with Crippen LogP contribution in [0.3, 0.4) is 0 Å². The van der Waals surface area contributed by atoms with Gasteiger partial charge in [0, 0.05) is 11.8 Å². The van der Waals surface area contributed by atoms with E-state index in [1.165, 1.54) is 0 Å². The Labute approximate surface area is 99.3 Å². The summed E-state index contributed by atoms with van der Waals surface area (Å²) in [4.78, 5) is 0.904. The van der Waals surface area contributed by atoms with E-state index in [1.807, 2.05) is 0 Å². The first-order valence-corrected chi connectivity index (χ1v) is 6.21. The Morgan fingerprint density at radius 1 is 1.56 bits per heavy atom. The van der Waals surface area contributed by atoms with Crippen molar-refractivity contribution in [1.82, 2.24) is 0 Å². The Morgan fingerprint density at radius 3 is 2.94 bits per heavy atom. The minimum Gasteiger partial charge on any atom is -0.494 e. The predicted molar refractivity (Wildman–Crippen MR) is 67.2 cm³/mol. The molecule has 1 atom stereocenters. The van der Waals surface area contributed by atoms with Crippen molar-refractivity contribution in [2.75, 3.05) is 24.3 Å². The lowest BCUT2D eigenvalue weighted by Crippen LogP contribution is -2.23. The molecule has 1 aromatic rings. The Hall–Kier alpha value is -1.23. The van der Waals surface area contributed by atoms with E-state index in [4.69, 9.17) is 20.9 Å². The van der Waals surface area contributed by atoms with Crippen LogP contribution in [0.5, 0.6) is 11.5 Å². The largest absolute Gasteiger partial charge is 0.494 e. The zero-order valence-electron chi connectivity index (χ0n) is 9.45. The van der Waals surface area contributed by atoms with E-state index < -0.39 is 0 Å². The maximum atomic E-state index is 5.99. The van der Waals surface area contributed by atoms with Crippen LogP contribution in [0.15, 0.2) is 11.0 Å². The summed E-state index contributed by atoms with van der Waals surface area (Å²) in [5.74, 6) is 2.23. The second-order valence-electron chi connectivity index (χ2n) is 3.70. The van der Waals surface area contributed by atoms with Gasteiger partial charge in [0.05, 0.1) is 23.4 Å². The number of anilines is 2. The van der Waals surface area contributed by atoms with Crippen LogP contribution in [-0.2, 0) is 0 Å². The number of benzene rings is 1. The average molecular weight is 240 g/mol. The van der Waals surface area contributed by atoms with Gasteiger partial charge in [0.2, 0.25) is 0 Å². The van der Waals surface area contributed by atoms with Gasteiger partial charge in [-0.15, -0.1) is 11.8 Å². The molecule has 0 fully saturated rings. The van der Waals surface area contributed by atoms with Gasteiger partial charge < -0.3 is 20.9 Å². The highest BCUT2D eigenvalue weighted by Crippen LogP contribution is 2.47. The van der Waals surface area contributed by atoms with Crippen LogP contribution in [0, 0.1) is 0 Å². The van der Waals surface area contributed by atoms with E-state index in [0.29, 0.717) is 22.9 Å². The maximum Gasteiger partial charge on any atom is 0.158 e. The molecule has 1 heterocycles. The normalized spacial score (nSPS) is 18.8. The van der Waals surface area contributed by atoms with Gasteiger partial charge in [-0.2, -0.15) is 0 Å². The molecule has 0 radical (unpaired) electrons. The second-order valence-corrected chi connectivity index (χ2v) is 4.73. The summed E-state index contributed by atoms with van der Waals surface area (Å²) < 4.78 is 11.0. The van der Waals surface area contributed by atoms with E-state index in [0.717, 1.165) is 17.1 Å². The van der Waals surface area contributed by atoms with Crippen molar-refractivity contribution < 1.29 is 9.47 Å². The topological polar surface area (TPSA) is 70.5 Å². The minimum absolute atomic E-state index is 0.215. The lowest BCUT2D eigenvalue weighted by molar-refractivity contribution is 0.213. The molecule has 88 valence electrons. The summed E-state index contributed by atoms with van der Waals surface area (Å²) in [6.45, 7) is 2.10. The van der Waals surface area contributed by atoms with Crippen LogP contribution in [0.1, 0.15) is 13.3 Å². The van der Waals surface area contributed by atoms with E-state index in [1.54, 1.807) is 24.9 Å². The first kappa shape index (κ1) is 11.3. The number of methoxy groups -OCH3 is 1. The van der Waals surface area contributed by atoms with E-state index in [-0.39, 0.29) is 6.10 Å². The van der Waals surface area contributed by atoms with Gasteiger partial charge in [0.15, 0.2) is 5.75 Å². The third-order valence-corrected chi connectivity index (χ3v) is 3.87. The molecule has 0 saturated carbocycles. The Balaban J connectivity index is 2.46. The first-order chi connectivity index (χ1) is 7.67. The van der Waals surface area contributed by atoms with Crippen LogP contribution in [-0.4, -0.2) is 19.0 Å². The molecule has 5 heteroatoms. The lowest BCUT2D eigenvalue weighted by Gasteiger charge is -2.27. The number of nitrogens with two attached hydrogens (primary N) is 2. The molecule has 0 saturated heterocycles. The SMILES string of the molecule is CCC1CSc2c(N)c(OC)cc(N)c2O1. The van der Waals surface area contributed by atoms with Gasteiger partial charge in [-0.25, -0.2) is 0 Å². The van der Waals surface area contributed by atoms with E-state index in [9.17, 15) is 0 Å². The summed E-state index contributed by atoms with van der Waals surface area (Å²) >= 11 is 1.68. The molecule has 4 nitrogen and oxygen atoms in total. The Bertz CT molecular complexity index is 409. The zero-order valence-corrected chi connectivity index (χ0v) is 10.3. The summed E-state index contributed by atoms with van der Waals surface area (Å²) in [5, 5.41) is 0. The highest BCUT2D eigenvalue weighted by molar-refractivity contribution is 7.99. The fourth-order valence-electron chi connectivity index (χ4n) is 1.66. The summed E-state index contributed by atoms with van der Waals surface area (Å²) in [6.07, 6.45) is 1.19. The minimum atomic E-state index is 0.215. The fraction of sp³-hybridized carbons (Fsp3) is 0.455. The van der Waals surface area contributed by atoms with Gasteiger partial charge in [0.1, 0.15) is 11.9 Å². The van der Waals surface area contributed by atoms with Crippen LogP contribution in [0.25, 0.3) is 0 Å². The third kappa shape index (κ3) is 1.75. The molecule has 0 aliphatic carbocycles. The van der Waals surface area contributed by atoms with Crippen molar-refractivity contribution in [3.63, 3.8) is 0 Å². The molecular formula is C11H16N2O2S. The maximum absolute atomic E-state index is 5.99. The number of fused-ring (bicyclic) bond motifs is 1. The summed E-state index contributed by atoms with van der Waals surface area (Å²) in [7, 11) is 1.58. The molecule has 0 bridgehead atoms. The Kier molecular flexibility index (Phi) is 3.05. The van der Waals surface area contributed by atoms with E-state index in [2.05, 4.69) is 6.92 Å². The van der Waals surface area contributed by atoms with Crippen molar-refractivity contribution in [1.29, 1.82) is 0 Å². The summed E-state index contributed by atoms with van der Waals surface area (Å²) in [5.41, 5.74) is 13.1. The predicted octanol–water partition coefficient (Wildman–Crippen LogP) is 2.12. The monoisotopic (exact) mass is 240 g/mol. The zero-order chi connectivity index (χ0) is 11.7. The molecule has 4 N–H and O–H groups in total. The van der Waals surface area contributed by atoms with Crippen molar-refractivity contribution >= 4 is 23.1 Å². The van der Waals surface area contributed by atoms with Crippen molar-refractivity contribution in [2.45, 2.75) is 24.3 Å². The van der Waals surface area contributed by atoms with Crippen LogP contribution in [0.4, 0.5) is 11.4 Å². The van der Waals surface area contributed by atoms with Crippen molar-refractivity contribution in [3.05, 3.63) is 6.07 Å². The van der Waals surface area contributed by atoms with E-state index >= 15 is 0 Å². The number of rotatable bonds is 2. The Morgan fingerprint density at radius 2 is 2.31 bits per heavy atom. The quantitative estimate of drug-likeness (QED) is 0.775.